The lowest BCUT2D eigenvalue weighted by Gasteiger charge is -2.50. The molecule has 3 fully saturated rings. The number of hydrogen-bond donors (Lipinski definition) is 1. The van der Waals surface area contributed by atoms with Crippen molar-refractivity contribution in [3.05, 3.63) is 0 Å². The Morgan fingerprint density at radius 3 is 2.55 bits per heavy atom. The van der Waals surface area contributed by atoms with E-state index in [1.54, 1.807) is 0 Å². The van der Waals surface area contributed by atoms with Crippen LogP contribution in [0.15, 0.2) is 0 Å². The van der Waals surface area contributed by atoms with E-state index in [1.807, 2.05) is 0 Å². The summed E-state index contributed by atoms with van der Waals surface area (Å²) in [6.45, 7) is 7.36. The molecule has 0 aromatic carbocycles. The molecule has 2 saturated carbocycles. The van der Waals surface area contributed by atoms with Gasteiger partial charge in [-0.25, -0.2) is 0 Å². The first-order chi connectivity index (χ1) is 9.63. The molecule has 1 aliphatic heterocycles. The maximum absolute atomic E-state index is 3.96. The van der Waals surface area contributed by atoms with Gasteiger partial charge in [0.1, 0.15) is 0 Å². The Labute approximate surface area is 129 Å². The molecule has 3 unspecified atom stereocenters. The Kier molecular flexibility index (Phi) is 4.69. The third-order valence-electron chi connectivity index (χ3n) is 6.09. The number of nitrogens with one attached hydrogen (secondary N) is 1. The first-order valence-electron chi connectivity index (χ1n) is 8.67. The largest absolute Gasteiger partial charge is 0.308 e. The number of rotatable bonds is 3. The van der Waals surface area contributed by atoms with Crippen molar-refractivity contribution in [1.29, 1.82) is 0 Å². The van der Waals surface area contributed by atoms with Gasteiger partial charge in [-0.2, -0.15) is 11.8 Å². The van der Waals surface area contributed by atoms with Crippen LogP contribution < -0.4 is 5.32 Å². The topological polar surface area (TPSA) is 15.3 Å². The number of piperazine rings is 1. The summed E-state index contributed by atoms with van der Waals surface area (Å²) in [6, 6.07) is 1.62. The molecule has 1 spiro atoms. The molecule has 2 aliphatic carbocycles. The fraction of sp³-hybridized carbons (Fsp3) is 1.00. The average molecular weight is 297 g/mol. The number of thioether (sulfide) groups is 1. The summed E-state index contributed by atoms with van der Waals surface area (Å²) in [4.78, 5) is 2.93. The summed E-state index contributed by atoms with van der Waals surface area (Å²) < 4.78 is 0. The van der Waals surface area contributed by atoms with Crippen LogP contribution in [0.1, 0.15) is 58.8 Å². The zero-order valence-corrected chi connectivity index (χ0v) is 14.3. The monoisotopic (exact) mass is 296 g/mol. The van der Waals surface area contributed by atoms with Gasteiger partial charge in [-0.15, -0.1) is 0 Å². The van der Waals surface area contributed by atoms with Gasteiger partial charge < -0.3 is 5.32 Å². The second-order valence-corrected chi connectivity index (χ2v) is 8.81. The van der Waals surface area contributed by atoms with Crippen molar-refractivity contribution in [2.75, 3.05) is 19.3 Å². The number of hydrogen-bond acceptors (Lipinski definition) is 3. The molecule has 3 aliphatic rings. The lowest BCUT2D eigenvalue weighted by Crippen LogP contribution is -2.66. The van der Waals surface area contributed by atoms with E-state index < -0.39 is 0 Å². The molecule has 1 N–H and O–H groups in total. The highest BCUT2D eigenvalue weighted by Crippen LogP contribution is 2.39. The second-order valence-electron chi connectivity index (χ2n) is 7.68. The van der Waals surface area contributed by atoms with Crippen molar-refractivity contribution in [3.63, 3.8) is 0 Å². The third kappa shape index (κ3) is 2.91. The van der Waals surface area contributed by atoms with Crippen LogP contribution in [0.4, 0.5) is 0 Å². The van der Waals surface area contributed by atoms with Crippen molar-refractivity contribution >= 4 is 11.8 Å². The maximum Gasteiger partial charge on any atom is 0.0309 e. The van der Waals surface area contributed by atoms with Gasteiger partial charge in [0.2, 0.25) is 0 Å². The summed E-state index contributed by atoms with van der Waals surface area (Å²) >= 11 is 2.09. The van der Waals surface area contributed by atoms with Crippen molar-refractivity contribution in [1.82, 2.24) is 10.2 Å². The minimum atomic E-state index is 0.475. The first-order valence-corrected chi connectivity index (χ1v) is 9.96. The van der Waals surface area contributed by atoms with E-state index in [0.29, 0.717) is 5.54 Å². The van der Waals surface area contributed by atoms with Crippen molar-refractivity contribution in [2.45, 2.75) is 81.7 Å². The predicted octanol–water partition coefficient (Wildman–Crippen LogP) is 3.51. The summed E-state index contributed by atoms with van der Waals surface area (Å²) in [7, 11) is 0. The molecule has 0 amide bonds. The lowest BCUT2D eigenvalue weighted by molar-refractivity contribution is 0.0239. The second kappa shape index (κ2) is 6.18. The van der Waals surface area contributed by atoms with E-state index in [0.717, 1.165) is 23.3 Å². The van der Waals surface area contributed by atoms with E-state index in [4.69, 9.17) is 0 Å². The lowest BCUT2D eigenvalue weighted by atomic mass is 9.87. The molecule has 20 heavy (non-hydrogen) atoms. The Bertz CT molecular complexity index is 325. The molecule has 0 aromatic heterocycles. The van der Waals surface area contributed by atoms with E-state index in [9.17, 15) is 0 Å². The van der Waals surface area contributed by atoms with Crippen LogP contribution in [0.2, 0.25) is 0 Å². The summed E-state index contributed by atoms with van der Waals surface area (Å²) in [5, 5.41) is 4.88. The Balaban J connectivity index is 1.72. The molecule has 3 heteroatoms. The Morgan fingerprint density at radius 2 is 1.95 bits per heavy atom. The maximum atomic E-state index is 3.96. The van der Waals surface area contributed by atoms with Gasteiger partial charge in [0.15, 0.2) is 0 Å². The zero-order chi connectivity index (χ0) is 14.2. The van der Waals surface area contributed by atoms with Gasteiger partial charge in [0.25, 0.3) is 0 Å². The highest BCUT2D eigenvalue weighted by Gasteiger charge is 2.45. The van der Waals surface area contributed by atoms with Gasteiger partial charge in [0.05, 0.1) is 0 Å². The van der Waals surface area contributed by atoms with E-state index >= 15 is 0 Å². The third-order valence-corrected chi connectivity index (χ3v) is 7.18. The van der Waals surface area contributed by atoms with E-state index in [1.165, 1.54) is 58.0 Å². The fourth-order valence-corrected chi connectivity index (χ4v) is 5.59. The molecule has 3 rings (SSSR count). The van der Waals surface area contributed by atoms with Crippen LogP contribution in [-0.4, -0.2) is 47.1 Å². The van der Waals surface area contributed by atoms with Gasteiger partial charge in [-0.1, -0.05) is 26.7 Å². The Morgan fingerprint density at radius 1 is 1.20 bits per heavy atom. The molecular formula is C17H32N2S. The Hall–Kier alpha value is 0.270. The fourth-order valence-electron chi connectivity index (χ4n) is 4.80. The minimum Gasteiger partial charge on any atom is -0.308 e. The molecule has 116 valence electrons. The van der Waals surface area contributed by atoms with Gasteiger partial charge >= 0.3 is 0 Å². The standard InChI is InChI=1S/C17H32N2S/c1-13(2)16-11-18-17(8-4-5-9-17)12-19(16)14-6-7-15(10-14)20-3/h13-16,18H,4-12H2,1-3H3. The van der Waals surface area contributed by atoms with Crippen LogP contribution in [0.25, 0.3) is 0 Å². The highest BCUT2D eigenvalue weighted by molar-refractivity contribution is 7.99. The van der Waals surface area contributed by atoms with Crippen molar-refractivity contribution in [2.24, 2.45) is 5.92 Å². The summed E-state index contributed by atoms with van der Waals surface area (Å²) in [6.07, 6.45) is 12.3. The molecule has 3 atom stereocenters. The average Bonchev–Trinajstić information content (AvgIpc) is 3.08. The van der Waals surface area contributed by atoms with Gasteiger partial charge in [-0.05, 0) is 44.3 Å². The number of nitrogens with zero attached hydrogens (tertiary/aromatic N) is 1. The predicted molar refractivity (Wildman–Crippen MR) is 89.5 cm³/mol. The molecule has 1 heterocycles. The van der Waals surface area contributed by atoms with Crippen LogP contribution in [0, 0.1) is 5.92 Å². The minimum absolute atomic E-state index is 0.475. The van der Waals surface area contributed by atoms with Gasteiger partial charge in [0, 0.05) is 36.0 Å². The molecule has 0 radical (unpaired) electrons. The molecular weight excluding hydrogens is 264 g/mol. The van der Waals surface area contributed by atoms with E-state index in [-0.39, 0.29) is 0 Å². The first kappa shape index (κ1) is 15.2. The van der Waals surface area contributed by atoms with Gasteiger partial charge in [-0.3, -0.25) is 4.90 Å². The van der Waals surface area contributed by atoms with Crippen molar-refractivity contribution in [3.8, 4) is 0 Å². The van der Waals surface area contributed by atoms with Crippen LogP contribution in [0.3, 0.4) is 0 Å². The van der Waals surface area contributed by atoms with E-state index in [2.05, 4.69) is 42.1 Å². The zero-order valence-electron chi connectivity index (χ0n) is 13.5. The molecule has 1 saturated heterocycles. The smallest absolute Gasteiger partial charge is 0.0309 e. The van der Waals surface area contributed by atoms with Crippen LogP contribution >= 0.6 is 11.8 Å². The normalized spacial score (nSPS) is 38.1. The molecule has 0 bridgehead atoms. The van der Waals surface area contributed by atoms with Crippen LogP contribution in [-0.2, 0) is 0 Å². The quantitative estimate of drug-likeness (QED) is 0.858. The summed E-state index contributed by atoms with van der Waals surface area (Å²) in [5.74, 6) is 0.773. The highest BCUT2D eigenvalue weighted by atomic mass is 32.2. The SMILES string of the molecule is CSC1CCC(N2CC3(CCCC3)NCC2C(C)C)C1. The summed E-state index contributed by atoms with van der Waals surface area (Å²) in [5.41, 5.74) is 0.475. The molecule has 2 nitrogen and oxygen atoms in total. The molecule has 0 aromatic rings. The van der Waals surface area contributed by atoms with Crippen molar-refractivity contribution < 1.29 is 0 Å². The van der Waals surface area contributed by atoms with Crippen LogP contribution in [0.5, 0.6) is 0 Å².